The van der Waals surface area contributed by atoms with Crippen LogP contribution in [0, 0.1) is 0 Å². The molecule has 0 saturated heterocycles. The third-order valence-corrected chi connectivity index (χ3v) is 5.02. The van der Waals surface area contributed by atoms with Crippen LogP contribution in [0.5, 0.6) is 11.5 Å². The molecule has 0 bridgehead atoms. The number of fused-ring (bicyclic) bond motifs is 1. The molecular formula is C22H29N3O3. The molecule has 0 aromatic heterocycles. The summed E-state index contributed by atoms with van der Waals surface area (Å²) in [6, 6.07) is 12.2. The number of nitrogen functional groups attached to an aromatic ring is 1. The maximum Gasteiger partial charge on any atom is 0.224 e. The summed E-state index contributed by atoms with van der Waals surface area (Å²) >= 11 is 0. The lowest BCUT2D eigenvalue weighted by Crippen LogP contribution is -2.30. The van der Waals surface area contributed by atoms with E-state index in [4.69, 9.17) is 15.2 Å². The summed E-state index contributed by atoms with van der Waals surface area (Å²) in [5, 5.41) is 6.40. The van der Waals surface area contributed by atoms with Gasteiger partial charge in [0.1, 0.15) is 18.1 Å². The number of hydrogen-bond donors (Lipinski definition) is 3. The molecule has 0 spiro atoms. The predicted octanol–water partition coefficient (Wildman–Crippen LogP) is 3.15. The van der Waals surface area contributed by atoms with E-state index in [0.717, 1.165) is 42.1 Å². The summed E-state index contributed by atoms with van der Waals surface area (Å²) in [5.74, 6) is 1.50. The summed E-state index contributed by atoms with van der Waals surface area (Å²) in [4.78, 5) is 11.7. The quantitative estimate of drug-likeness (QED) is 0.457. The van der Waals surface area contributed by atoms with Gasteiger partial charge in [-0.1, -0.05) is 12.1 Å². The molecule has 2 aromatic carbocycles. The van der Waals surface area contributed by atoms with Crippen molar-refractivity contribution >= 4 is 17.3 Å². The van der Waals surface area contributed by atoms with Crippen LogP contribution in [0.2, 0.25) is 0 Å². The molecule has 0 radical (unpaired) electrons. The number of ether oxygens (including phenoxy) is 2. The van der Waals surface area contributed by atoms with E-state index in [1.807, 2.05) is 24.3 Å². The molecule has 1 unspecified atom stereocenters. The number of amides is 1. The van der Waals surface area contributed by atoms with Crippen LogP contribution in [0.15, 0.2) is 36.4 Å². The Labute approximate surface area is 166 Å². The van der Waals surface area contributed by atoms with E-state index in [-0.39, 0.29) is 5.91 Å². The molecule has 2 aromatic rings. The zero-order valence-corrected chi connectivity index (χ0v) is 16.6. The fraction of sp³-hybridized carbons (Fsp3) is 0.409. The smallest absolute Gasteiger partial charge is 0.224 e. The van der Waals surface area contributed by atoms with Crippen molar-refractivity contribution in [1.82, 2.24) is 5.32 Å². The first kappa shape index (κ1) is 20.0. The van der Waals surface area contributed by atoms with Crippen LogP contribution in [0.4, 0.5) is 11.4 Å². The molecule has 0 saturated carbocycles. The molecule has 150 valence electrons. The second-order valence-corrected chi connectivity index (χ2v) is 7.15. The van der Waals surface area contributed by atoms with Crippen molar-refractivity contribution in [2.75, 3.05) is 31.3 Å². The van der Waals surface area contributed by atoms with Gasteiger partial charge < -0.3 is 25.8 Å². The van der Waals surface area contributed by atoms with Crippen LogP contribution in [0.25, 0.3) is 0 Å². The number of carbonyl (C=O) groups is 1. The van der Waals surface area contributed by atoms with Crippen LogP contribution in [-0.4, -0.2) is 32.2 Å². The van der Waals surface area contributed by atoms with Gasteiger partial charge in [-0.25, -0.2) is 0 Å². The maximum absolute atomic E-state index is 11.7. The van der Waals surface area contributed by atoms with Gasteiger partial charge in [0.2, 0.25) is 5.91 Å². The molecule has 1 amide bonds. The Morgan fingerprint density at radius 2 is 1.89 bits per heavy atom. The first-order valence-corrected chi connectivity index (χ1v) is 9.77. The number of methoxy groups -OCH3 is 1. The van der Waals surface area contributed by atoms with E-state index in [1.54, 1.807) is 7.11 Å². The van der Waals surface area contributed by atoms with Gasteiger partial charge in [0, 0.05) is 30.3 Å². The third-order valence-electron chi connectivity index (χ3n) is 5.02. The van der Waals surface area contributed by atoms with Crippen LogP contribution >= 0.6 is 0 Å². The van der Waals surface area contributed by atoms with Crippen molar-refractivity contribution in [1.29, 1.82) is 0 Å². The molecule has 1 atom stereocenters. The SMILES string of the molecule is COc1ccc(OCCNC(C)CCc2ccc(N)cc2)c2c1NC(=O)CC2. The minimum atomic E-state index is 0.0135. The van der Waals surface area contributed by atoms with E-state index < -0.39 is 0 Å². The molecule has 1 heterocycles. The van der Waals surface area contributed by atoms with Gasteiger partial charge in [0.05, 0.1) is 12.8 Å². The highest BCUT2D eigenvalue weighted by Crippen LogP contribution is 2.38. The zero-order valence-electron chi connectivity index (χ0n) is 16.6. The number of rotatable bonds is 9. The van der Waals surface area contributed by atoms with Crippen LogP contribution in [0.1, 0.15) is 30.9 Å². The van der Waals surface area contributed by atoms with Gasteiger partial charge in [0.15, 0.2) is 0 Å². The zero-order chi connectivity index (χ0) is 19.9. The Morgan fingerprint density at radius 3 is 2.64 bits per heavy atom. The molecular weight excluding hydrogens is 354 g/mol. The number of hydrogen-bond acceptors (Lipinski definition) is 5. The van der Waals surface area contributed by atoms with Gasteiger partial charge in [-0.3, -0.25) is 4.79 Å². The highest BCUT2D eigenvalue weighted by Gasteiger charge is 2.22. The Morgan fingerprint density at radius 1 is 1.14 bits per heavy atom. The van der Waals surface area contributed by atoms with Gasteiger partial charge in [0.25, 0.3) is 0 Å². The van der Waals surface area contributed by atoms with Crippen molar-refractivity contribution in [3.63, 3.8) is 0 Å². The topological polar surface area (TPSA) is 85.6 Å². The molecule has 1 aliphatic heterocycles. The molecule has 3 rings (SSSR count). The number of carbonyl (C=O) groups excluding carboxylic acids is 1. The second-order valence-electron chi connectivity index (χ2n) is 7.15. The Hall–Kier alpha value is -2.73. The van der Waals surface area contributed by atoms with E-state index in [1.165, 1.54) is 5.56 Å². The Bertz CT molecular complexity index is 805. The van der Waals surface area contributed by atoms with E-state index in [9.17, 15) is 4.79 Å². The summed E-state index contributed by atoms with van der Waals surface area (Å²) in [6.07, 6.45) is 3.20. The highest BCUT2D eigenvalue weighted by molar-refractivity contribution is 5.96. The molecule has 1 aliphatic rings. The summed E-state index contributed by atoms with van der Waals surface area (Å²) < 4.78 is 11.3. The fourth-order valence-corrected chi connectivity index (χ4v) is 3.37. The van der Waals surface area contributed by atoms with E-state index in [0.29, 0.717) is 31.2 Å². The van der Waals surface area contributed by atoms with Crippen LogP contribution in [-0.2, 0) is 17.6 Å². The van der Waals surface area contributed by atoms with Crippen molar-refractivity contribution in [3.8, 4) is 11.5 Å². The first-order chi connectivity index (χ1) is 13.6. The van der Waals surface area contributed by atoms with Crippen molar-refractivity contribution in [3.05, 3.63) is 47.5 Å². The van der Waals surface area contributed by atoms with Gasteiger partial charge in [-0.2, -0.15) is 0 Å². The van der Waals surface area contributed by atoms with Gasteiger partial charge >= 0.3 is 0 Å². The van der Waals surface area contributed by atoms with Crippen molar-refractivity contribution in [2.45, 2.75) is 38.6 Å². The fourth-order valence-electron chi connectivity index (χ4n) is 3.37. The standard InChI is InChI=1S/C22H29N3O3/c1-15(3-4-16-5-7-17(23)8-6-16)24-13-14-28-19-10-11-20(27-2)22-18(19)9-12-21(26)25-22/h5-8,10-11,15,24H,3-4,9,12-14,23H2,1-2H3,(H,25,26). The third kappa shape index (κ3) is 5.16. The van der Waals surface area contributed by atoms with Crippen LogP contribution < -0.4 is 25.8 Å². The Kier molecular flexibility index (Phi) is 6.76. The summed E-state index contributed by atoms with van der Waals surface area (Å²) in [5.41, 5.74) is 9.57. The highest BCUT2D eigenvalue weighted by atomic mass is 16.5. The molecule has 4 N–H and O–H groups in total. The number of nitrogens with two attached hydrogens (primary N) is 1. The average Bonchev–Trinajstić information content (AvgIpc) is 2.70. The average molecular weight is 383 g/mol. The van der Waals surface area contributed by atoms with Gasteiger partial charge in [-0.05, 0) is 56.0 Å². The van der Waals surface area contributed by atoms with Crippen molar-refractivity contribution in [2.24, 2.45) is 0 Å². The molecule has 0 fully saturated rings. The lowest BCUT2D eigenvalue weighted by molar-refractivity contribution is -0.116. The van der Waals surface area contributed by atoms with E-state index in [2.05, 4.69) is 29.7 Å². The van der Waals surface area contributed by atoms with E-state index >= 15 is 0 Å². The lowest BCUT2D eigenvalue weighted by Gasteiger charge is -2.22. The first-order valence-electron chi connectivity index (χ1n) is 9.77. The minimum Gasteiger partial charge on any atom is -0.495 e. The molecule has 0 aliphatic carbocycles. The normalized spacial score (nSPS) is 14.1. The minimum absolute atomic E-state index is 0.0135. The lowest BCUT2D eigenvalue weighted by atomic mass is 10.0. The number of anilines is 2. The predicted molar refractivity (Wildman–Crippen MR) is 112 cm³/mol. The summed E-state index contributed by atoms with van der Waals surface area (Å²) in [6.45, 7) is 3.51. The number of nitrogens with one attached hydrogen (secondary N) is 2. The van der Waals surface area contributed by atoms with Gasteiger partial charge in [-0.15, -0.1) is 0 Å². The monoisotopic (exact) mass is 383 g/mol. The largest absolute Gasteiger partial charge is 0.495 e. The molecule has 6 nitrogen and oxygen atoms in total. The number of benzene rings is 2. The molecule has 6 heteroatoms. The second kappa shape index (κ2) is 9.46. The maximum atomic E-state index is 11.7. The summed E-state index contributed by atoms with van der Waals surface area (Å²) in [7, 11) is 1.60. The van der Waals surface area contributed by atoms with Crippen molar-refractivity contribution < 1.29 is 14.3 Å². The Balaban J connectivity index is 1.45. The van der Waals surface area contributed by atoms with Crippen LogP contribution in [0.3, 0.4) is 0 Å². The molecule has 28 heavy (non-hydrogen) atoms. The number of aryl methyl sites for hydroxylation is 1.